The molecular weight excluding hydrogens is 780 g/mol. The number of hydrogen-bond donors (Lipinski definition) is 0. The average molecular weight is 845 g/mol. The van der Waals surface area contributed by atoms with Gasteiger partial charge in [0.25, 0.3) is 0 Å². The molecule has 0 aromatic rings. The molecule has 0 aromatic heterocycles. The van der Waals surface area contributed by atoms with Crippen LogP contribution in [0.25, 0.3) is 0 Å². The molecule has 2 saturated heterocycles. The third kappa shape index (κ3) is 14.4. The molecule has 2 heterocycles. The standard InChI is InChI=1S/C41H64O18/c1-19(2)35(44)52-18-41(34(58-40(49)24(11)12)32(56-38(47)22(7)8)29(59-41)17-51-26(14)43)15-27-30(54-36(45)20(3)4)33(57-39(48)23(9)10)31(55-37(46)21(5)6)28(53-27)16-50-25(13)42/h19-24,27-34H,15-18H2,1-14H3/t27-,28-,29-,30+,31-,32-,33-,34+,41-/m1/s1. The second-order valence-corrected chi connectivity index (χ2v) is 16.7. The van der Waals surface area contributed by atoms with Gasteiger partial charge >= 0.3 is 47.8 Å². The van der Waals surface area contributed by atoms with Crippen LogP contribution >= 0.6 is 0 Å². The summed E-state index contributed by atoms with van der Waals surface area (Å²) in [6.07, 6.45) is -12.5. The largest absolute Gasteiger partial charge is 0.463 e. The van der Waals surface area contributed by atoms with E-state index in [1.165, 1.54) is 0 Å². The molecular formula is C41H64O18. The Morgan fingerprint density at radius 2 is 0.797 bits per heavy atom. The van der Waals surface area contributed by atoms with Crippen molar-refractivity contribution in [2.75, 3.05) is 19.8 Å². The van der Waals surface area contributed by atoms with Gasteiger partial charge in [0.15, 0.2) is 30.5 Å². The molecule has 0 spiro atoms. The van der Waals surface area contributed by atoms with Gasteiger partial charge in [0.05, 0.1) is 35.5 Å². The van der Waals surface area contributed by atoms with Crippen LogP contribution in [0.2, 0.25) is 0 Å². The van der Waals surface area contributed by atoms with Crippen LogP contribution in [0.1, 0.15) is 103 Å². The number of carbonyl (C=O) groups excluding carboxylic acids is 8. The van der Waals surface area contributed by atoms with Gasteiger partial charge in [0.2, 0.25) is 0 Å². The second-order valence-electron chi connectivity index (χ2n) is 16.7. The maximum absolute atomic E-state index is 13.5. The highest BCUT2D eigenvalue weighted by molar-refractivity contribution is 5.75. The van der Waals surface area contributed by atoms with E-state index in [4.69, 9.17) is 47.4 Å². The topological polar surface area (TPSA) is 229 Å². The van der Waals surface area contributed by atoms with Crippen LogP contribution in [0.15, 0.2) is 0 Å². The molecule has 0 saturated carbocycles. The molecule has 0 aliphatic carbocycles. The van der Waals surface area contributed by atoms with E-state index < -0.39 is 164 Å². The van der Waals surface area contributed by atoms with Crippen molar-refractivity contribution < 1.29 is 85.7 Å². The van der Waals surface area contributed by atoms with Crippen LogP contribution in [-0.4, -0.2) is 122 Å². The fraction of sp³-hybridized carbons (Fsp3) is 0.805. The molecule has 0 radical (unpaired) electrons. The molecule has 2 aliphatic heterocycles. The quantitative estimate of drug-likeness (QED) is 0.134. The van der Waals surface area contributed by atoms with Crippen LogP contribution in [0.5, 0.6) is 0 Å². The Labute approximate surface area is 346 Å². The summed E-state index contributed by atoms with van der Waals surface area (Å²) in [5, 5.41) is 0. The van der Waals surface area contributed by atoms with Crippen LogP contribution in [0, 0.1) is 35.5 Å². The number of rotatable bonds is 19. The minimum absolute atomic E-state index is 0.519. The molecule has 18 heteroatoms. The van der Waals surface area contributed by atoms with Gasteiger partial charge in [-0.15, -0.1) is 0 Å². The molecule has 2 fully saturated rings. The van der Waals surface area contributed by atoms with Crippen molar-refractivity contribution in [3.63, 3.8) is 0 Å². The zero-order valence-corrected chi connectivity index (χ0v) is 36.8. The molecule has 2 aliphatic rings. The van der Waals surface area contributed by atoms with Crippen LogP contribution in [0.4, 0.5) is 0 Å². The summed E-state index contributed by atoms with van der Waals surface area (Å²) in [5.74, 6) is -10.2. The van der Waals surface area contributed by atoms with Gasteiger partial charge in [-0.05, 0) is 0 Å². The third-order valence-electron chi connectivity index (χ3n) is 9.29. The average Bonchev–Trinajstić information content (AvgIpc) is 3.40. The molecule has 0 aromatic carbocycles. The van der Waals surface area contributed by atoms with Gasteiger partial charge in [0.1, 0.15) is 43.7 Å². The van der Waals surface area contributed by atoms with E-state index in [9.17, 15) is 38.4 Å². The van der Waals surface area contributed by atoms with Crippen molar-refractivity contribution in [1.29, 1.82) is 0 Å². The molecule has 0 bridgehead atoms. The Kier molecular flexibility index (Phi) is 19.2. The van der Waals surface area contributed by atoms with E-state index in [1.54, 1.807) is 83.1 Å². The van der Waals surface area contributed by atoms with Gasteiger partial charge in [-0.3, -0.25) is 38.4 Å². The lowest BCUT2D eigenvalue weighted by Gasteiger charge is -2.47. The first-order chi connectivity index (χ1) is 27.3. The summed E-state index contributed by atoms with van der Waals surface area (Å²) in [6.45, 7) is 19.3. The maximum atomic E-state index is 13.5. The molecule has 59 heavy (non-hydrogen) atoms. The molecule has 0 unspecified atom stereocenters. The smallest absolute Gasteiger partial charge is 0.308 e. The predicted molar refractivity (Wildman–Crippen MR) is 204 cm³/mol. The first-order valence-corrected chi connectivity index (χ1v) is 20.1. The fourth-order valence-corrected chi connectivity index (χ4v) is 5.86. The molecule has 18 nitrogen and oxygen atoms in total. The van der Waals surface area contributed by atoms with Crippen molar-refractivity contribution in [3.05, 3.63) is 0 Å². The summed E-state index contributed by atoms with van der Waals surface area (Å²) in [4.78, 5) is 104. The van der Waals surface area contributed by atoms with Crippen molar-refractivity contribution >= 4 is 47.8 Å². The minimum Gasteiger partial charge on any atom is -0.463 e. The summed E-state index contributed by atoms with van der Waals surface area (Å²) in [6, 6.07) is 0. The highest BCUT2D eigenvalue weighted by Crippen LogP contribution is 2.44. The van der Waals surface area contributed by atoms with Gasteiger partial charge in [-0.25, -0.2) is 0 Å². The summed E-state index contributed by atoms with van der Waals surface area (Å²) < 4.78 is 59.5. The third-order valence-corrected chi connectivity index (χ3v) is 9.29. The molecule has 0 N–H and O–H groups in total. The highest BCUT2D eigenvalue weighted by Gasteiger charge is 2.64. The van der Waals surface area contributed by atoms with E-state index in [-0.39, 0.29) is 0 Å². The lowest BCUT2D eigenvalue weighted by Crippen LogP contribution is -2.65. The maximum Gasteiger partial charge on any atom is 0.308 e. The van der Waals surface area contributed by atoms with Crippen molar-refractivity contribution in [3.8, 4) is 0 Å². The van der Waals surface area contributed by atoms with Gasteiger partial charge in [-0.2, -0.15) is 0 Å². The van der Waals surface area contributed by atoms with E-state index in [2.05, 4.69) is 0 Å². The fourth-order valence-electron chi connectivity index (χ4n) is 5.86. The minimum atomic E-state index is -2.05. The van der Waals surface area contributed by atoms with Crippen molar-refractivity contribution in [2.45, 2.75) is 158 Å². The van der Waals surface area contributed by atoms with Crippen LogP contribution in [0.3, 0.4) is 0 Å². The van der Waals surface area contributed by atoms with Crippen molar-refractivity contribution in [2.24, 2.45) is 35.5 Å². The SMILES string of the molecule is CC(=O)OC[C@H]1O[C@@](COC(=O)C(C)C)(C[C@H]2O[C@H](COC(C)=O)[C@@H](OC(=O)C(C)C)[C@H](OC(=O)C(C)C)[C@H]2OC(=O)C(C)C)[C@@H](OC(=O)C(C)C)[C@@H]1OC(=O)C(C)C. The lowest BCUT2D eigenvalue weighted by molar-refractivity contribution is -0.267. The normalized spacial score (nSPS) is 26.8. The number of ether oxygens (including phenoxy) is 10. The zero-order chi connectivity index (χ0) is 45.1. The Bertz CT molecular complexity index is 1500. The Balaban J connectivity index is 3.04. The second kappa shape index (κ2) is 22.3. The van der Waals surface area contributed by atoms with E-state index >= 15 is 0 Å². The number of carbonyl (C=O) groups is 8. The first-order valence-electron chi connectivity index (χ1n) is 20.1. The highest BCUT2D eigenvalue weighted by atomic mass is 16.7. The number of hydrogen-bond acceptors (Lipinski definition) is 18. The molecule has 2 rings (SSSR count). The summed E-state index contributed by atoms with van der Waals surface area (Å²) in [7, 11) is 0. The Hall–Kier alpha value is -4.32. The lowest BCUT2D eigenvalue weighted by atomic mass is 9.83. The zero-order valence-electron chi connectivity index (χ0n) is 36.8. The summed E-state index contributed by atoms with van der Waals surface area (Å²) >= 11 is 0. The van der Waals surface area contributed by atoms with Gasteiger partial charge < -0.3 is 47.4 Å². The predicted octanol–water partition coefficient (Wildman–Crippen LogP) is 3.45. The Morgan fingerprint density at radius 1 is 0.441 bits per heavy atom. The molecule has 9 atom stereocenters. The van der Waals surface area contributed by atoms with Crippen LogP contribution in [-0.2, 0) is 85.7 Å². The van der Waals surface area contributed by atoms with Crippen LogP contribution < -0.4 is 0 Å². The van der Waals surface area contributed by atoms with E-state index in [1.807, 2.05) is 0 Å². The molecule has 0 amide bonds. The Morgan fingerprint density at radius 3 is 1.20 bits per heavy atom. The van der Waals surface area contributed by atoms with E-state index in [0.29, 0.717) is 0 Å². The van der Waals surface area contributed by atoms with E-state index in [0.717, 1.165) is 13.8 Å². The van der Waals surface area contributed by atoms with Gasteiger partial charge in [0, 0.05) is 20.3 Å². The first kappa shape index (κ1) is 50.8. The number of esters is 8. The molecule has 336 valence electrons. The van der Waals surface area contributed by atoms with Crippen molar-refractivity contribution in [1.82, 2.24) is 0 Å². The summed E-state index contributed by atoms with van der Waals surface area (Å²) in [5.41, 5.74) is -2.05. The monoisotopic (exact) mass is 844 g/mol. The van der Waals surface area contributed by atoms with Gasteiger partial charge in [-0.1, -0.05) is 83.1 Å².